The summed E-state index contributed by atoms with van der Waals surface area (Å²) in [4.78, 5) is 13.6. The van der Waals surface area contributed by atoms with Crippen LogP contribution in [0, 0.1) is 0 Å². The molecule has 0 atom stereocenters. The molecular formula is C17H26ClNO2. The Balaban J connectivity index is 0.00000400. The topological polar surface area (TPSA) is 40.5 Å². The Labute approximate surface area is 134 Å². The van der Waals surface area contributed by atoms with E-state index in [4.69, 9.17) is 0 Å². The van der Waals surface area contributed by atoms with Gasteiger partial charge in [0.15, 0.2) is 0 Å². The average Bonchev–Trinajstić information content (AvgIpc) is 2.47. The molecule has 0 aliphatic carbocycles. The van der Waals surface area contributed by atoms with Crippen LogP contribution in [0.4, 0.5) is 0 Å². The highest BCUT2D eigenvalue weighted by atomic mass is 35.5. The summed E-state index contributed by atoms with van der Waals surface area (Å²) < 4.78 is 0. The minimum absolute atomic E-state index is 0. The van der Waals surface area contributed by atoms with E-state index in [1.807, 2.05) is 30.3 Å². The van der Waals surface area contributed by atoms with Crippen molar-refractivity contribution in [1.82, 2.24) is 4.90 Å². The Hall–Kier alpha value is -1.32. The van der Waals surface area contributed by atoms with Crippen molar-refractivity contribution in [3.8, 4) is 0 Å². The third-order valence-corrected chi connectivity index (χ3v) is 3.74. The molecule has 1 aromatic carbocycles. The van der Waals surface area contributed by atoms with Crippen LogP contribution in [0.25, 0.3) is 0 Å². The van der Waals surface area contributed by atoms with Crippen LogP contribution in [0.5, 0.6) is 0 Å². The average molecular weight is 312 g/mol. The summed E-state index contributed by atoms with van der Waals surface area (Å²) in [6.07, 6.45) is 1.54. The molecule has 0 spiro atoms. The second-order valence-corrected chi connectivity index (χ2v) is 4.97. The molecule has 1 rings (SSSR count). The Bertz CT molecular complexity index is 453. The number of hydrogen-bond acceptors (Lipinski definition) is 2. The van der Waals surface area contributed by atoms with Gasteiger partial charge in [0.1, 0.15) is 0 Å². The highest BCUT2D eigenvalue weighted by molar-refractivity contribution is 5.86. The lowest BCUT2D eigenvalue weighted by Gasteiger charge is -2.19. The monoisotopic (exact) mass is 311 g/mol. The van der Waals surface area contributed by atoms with Crippen molar-refractivity contribution >= 4 is 18.4 Å². The second-order valence-electron chi connectivity index (χ2n) is 4.97. The van der Waals surface area contributed by atoms with Gasteiger partial charge in [0, 0.05) is 12.1 Å². The maximum atomic E-state index is 11.2. The molecule has 0 radical (unpaired) electrons. The molecule has 0 amide bonds. The van der Waals surface area contributed by atoms with Gasteiger partial charge in [-0.3, -0.25) is 0 Å². The molecule has 1 N–H and O–H groups in total. The number of carbonyl (C=O) groups is 1. The van der Waals surface area contributed by atoms with Gasteiger partial charge in [-0.25, -0.2) is 4.79 Å². The van der Waals surface area contributed by atoms with E-state index in [0.717, 1.165) is 38.0 Å². The molecule has 0 aromatic heterocycles. The molecule has 0 aliphatic heterocycles. The SMILES string of the molecule is CCN(CC)CCC(Cc1ccccc1)=C(C)C(=O)O.Cl. The first-order valence-electron chi connectivity index (χ1n) is 7.26. The first kappa shape index (κ1) is 19.7. The Morgan fingerprint density at radius 2 is 1.71 bits per heavy atom. The fourth-order valence-electron chi connectivity index (χ4n) is 2.23. The fourth-order valence-corrected chi connectivity index (χ4v) is 2.23. The minimum atomic E-state index is -0.810. The number of aliphatic carboxylic acids is 1. The summed E-state index contributed by atoms with van der Waals surface area (Å²) >= 11 is 0. The smallest absolute Gasteiger partial charge is 0.331 e. The molecule has 0 aliphatic rings. The number of halogens is 1. The summed E-state index contributed by atoms with van der Waals surface area (Å²) in [6.45, 7) is 8.90. The van der Waals surface area contributed by atoms with E-state index >= 15 is 0 Å². The number of rotatable bonds is 8. The van der Waals surface area contributed by atoms with Crippen LogP contribution in [0.15, 0.2) is 41.5 Å². The highest BCUT2D eigenvalue weighted by Crippen LogP contribution is 2.16. The quantitative estimate of drug-likeness (QED) is 0.743. The van der Waals surface area contributed by atoms with Gasteiger partial charge >= 0.3 is 5.97 Å². The van der Waals surface area contributed by atoms with Crippen molar-refractivity contribution in [2.24, 2.45) is 0 Å². The summed E-state index contributed by atoms with van der Waals surface area (Å²) in [5.74, 6) is -0.810. The van der Waals surface area contributed by atoms with Gasteiger partial charge < -0.3 is 10.0 Å². The van der Waals surface area contributed by atoms with Crippen molar-refractivity contribution in [3.63, 3.8) is 0 Å². The lowest BCUT2D eigenvalue weighted by molar-refractivity contribution is -0.132. The molecule has 3 nitrogen and oxygen atoms in total. The first-order valence-corrected chi connectivity index (χ1v) is 7.26. The van der Waals surface area contributed by atoms with Gasteiger partial charge in [-0.1, -0.05) is 49.8 Å². The van der Waals surface area contributed by atoms with Crippen LogP contribution in [-0.2, 0) is 11.2 Å². The van der Waals surface area contributed by atoms with Crippen molar-refractivity contribution in [1.29, 1.82) is 0 Å². The zero-order valence-corrected chi connectivity index (χ0v) is 13.9. The number of hydrogen-bond donors (Lipinski definition) is 1. The van der Waals surface area contributed by atoms with Crippen LogP contribution in [0.2, 0.25) is 0 Å². The molecule has 118 valence electrons. The zero-order valence-electron chi connectivity index (χ0n) is 13.1. The van der Waals surface area contributed by atoms with Crippen LogP contribution in [-0.4, -0.2) is 35.6 Å². The maximum Gasteiger partial charge on any atom is 0.331 e. The molecule has 0 fully saturated rings. The molecule has 21 heavy (non-hydrogen) atoms. The van der Waals surface area contributed by atoms with E-state index in [1.54, 1.807) is 6.92 Å². The second kappa shape index (κ2) is 10.4. The number of carboxylic acids is 1. The van der Waals surface area contributed by atoms with Gasteiger partial charge in [0.05, 0.1) is 0 Å². The summed E-state index contributed by atoms with van der Waals surface area (Å²) in [7, 11) is 0. The molecular weight excluding hydrogens is 286 g/mol. The molecule has 0 bridgehead atoms. The molecule has 0 saturated heterocycles. The van der Waals surface area contributed by atoms with E-state index in [1.165, 1.54) is 5.56 Å². The lowest BCUT2D eigenvalue weighted by atomic mass is 9.97. The van der Waals surface area contributed by atoms with Crippen LogP contribution in [0.1, 0.15) is 32.8 Å². The van der Waals surface area contributed by atoms with Crippen LogP contribution >= 0.6 is 12.4 Å². The van der Waals surface area contributed by atoms with E-state index in [0.29, 0.717) is 5.57 Å². The first-order chi connectivity index (χ1) is 9.58. The Morgan fingerprint density at radius 1 is 1.14 bits per heavy atom. The van der Waals surface area contributed by atoms with Crippen molar-refractivity contribution in [2.45, 2.75) is 33.6 Å². The fraction of sp³-hybridized carbons (Fsp3) is 0.471. The largest absolute Gasteiger partial charge is 0.478 e. The Morgan fingerprint density at radius 3 is 2.19 bits per heavy atom. The standard InChI is InChI=1S/C17H25NO2.ClH/c1-4-18(5-2)12-11-16(14(3)17(19)20)13-15-9-7-6-8-10-15;/h6-10H,4-5,11-13H2,1-3H3,(H,19,20);1H. The number of carboxylic acid groups (broad SMARTS) is 1. The Kier molecular flexibility index (Phi) is 9.76. The number of benzene rings is 1. The predicted molar refractivity (Wildman–Crippen MR) is 90.1 cm³/mol. The maximum absolute atomic E-state index is 11.2. The lowest BCUT2D eigenvalue weighted by Crippen LogP contribution is -2.25. The third kappa shape index (κ3) is 6.78. The van der Waals surface area contributed by atoms with Gasteiger partial charge in [-0.2, -0.15) is 0 Å². The molecule has 0 unspecified atom stereocenters. The van der Waals surface area contributed by atoms with Crippen LogP contribution in [0.3, 0.4) is 0 Å². The van der Waals surface area contributed by atoms with E-state index < -0.39 is 5.97 Å². The van der Waals surface area contributed by atoms with Gasteiger partial charge in [-0.15, -0.1) is 12.4 Å². The normalized spacial score (nSPS) is 11.8. The van der Waals surface area contributed by atoms with Gasteiger partial charge in [-0.05, 0) is 38.4 Å². The minimum Gasteiger partial charge on any atom is -0.478 e. The molecule has 1 aromatic rings. The summed E-state index contributed by atoms with van der Waals surface area (Å²) in [5, 5.41) is 9.24. The van der Waals surface area contributed by atoms with Gasteiger partial charge in [0.2, 0.25) is 0 Å². The summed E-state index contributed by atoms with van der Waals surface area (Å²) in [5.41, 5.74) is 2.68. The molecule has 4 heteroatoms. The highest BCUT2D eigenvalue weighted by Gasteiger charge is 2.11. The zero-order chi connectivity index (χ0) is 15.0. The van der Waals surface area contributed by atoms with E-state index in [9.17, 15) is 9.90 Å². The molecule has 0 saturated carbocycles. The van der Waals surface area contributed by atoms with Crippen molar-refractivity contribution in [3.05, 3.63) is 47.0 Å². The van der Waals surface area contributed by atoms with Crippen LogP contribution < -0.4 is 0 Å². The molecule has 0 heterocycles. The predicted octanol–water partition coefficient (Wildman–Crippen LogP) is 3.78. The van der Waals surface area contributed by atoms with Gasteiger partial charge in [0.25, 0.3) is 0 Å². The van der Waals surface area contributed by atoms with E-state index in [2.05, 4.69) is 18.7 Å². The third-order valence-electron chi connectivity index (χ3n) is 3.74. The number of nitrogens with zero attached hydrogens (tertiary/aromatic N) is 1. The van der Waals surface area contributed by atoms with Crippen molar-refractivity contribution < 1.29 is 9.90 Å². The van der Waals surface area contributed by atoms with E-state index in [-0.39, 0.29) is 12.4 Å². The van der Waals surface area contributed by atoms with Crippen molar-refractivity contribution in [2.75, 3.05) is 19.6 Å². The summed E-state index contributed by atoms with van der Waals surface area (Å²) in [6, 6.07) is 10.1.